The lowest BCUT2D eigenvalue weighted by molar-refractivity contribution is -0.122. The number of hydrogen-bond donors (Lipinski definition) is 3. The van der Waals surface area contributed by atoms with E-state index in [1.807, 2.05) is 27.7 Å². The fourth-order valence-corrected chi connectivity index (χ4v) is 5.33. The highest BCUT2D eigenvalue weighted by Crippen LogP contribution is 2.21. The SMILES string of the molecule is CC.CC.CCCCCCCCCc1ccc(C(C)CCCO)cc1.CCCCCCCCc1ccc(CNCCCC)cc1.O=CO. The van der Waals surface area contributed by atoms with Crippen LogP contribution in [0.1, 0.15) is 193 Å². The van der Waals surface area contributed by atoms with Gasteiger partial charge in [-0.3, -0.25) is 4.79 Å². The molecule has 0 spiro atoms. The molecule has 3 N–H and O–H groups in total. The number of rotatable bonds is 24. The highest BCUT2D eigenvalue weighted by atomic mass is 16.3. The van der Waals surface area contributed by atoms with E-state index in [1.165, 1.54) is 131 Å². The molecule has 2 rings (SSSR count). The average Bonchev–Trinajstić information content (AvgIpc) is 3.13. The third kappa shape index (κ3) is 33.7. The Labute approximate surface area is 299 Å². The maximum absolute atomic E-state index is 8.89. The van der Waals surface area contributed by atoms with Crippen LogP contribution in [0, 0.1) is 0 Å². The zero-order valence-electron chi connectivity index (χ0n) is 33.1. The first-order chi connectivity index (χ1) is 23.6. The molecule has 1 atom stereocenters. The molecule has 48 heavy (non-hydrogen) atoms. The molecule has 0 heterocycles. The molecule has 0 saturated carbocycles. The monoisotopic (exact) mass is 672 g/mol. The van der Waals surface area contributed by atoms with Crippen molar-refractivity contribution in [2.45, 2.75) is 190 Å². The summed E-state index contributed by atoms with van der Waals surface area (Å²) in [5, 5.41) is 19.3. The van der Waals surface area contributed by atoms with Gasteiger partial charge in [-0.1, -0.05) is 181 Å². The molecule has 4 nitrogen and oxygen atoms in total. The lowest BCUT2D eigenvalue weighted by Gasteiger charge is -2.11. The van der Waals surface area contributed by atoms with E-state index < -0.39 is 0 Å². The summed E-state index contributed by atoms with van der Waals surface area (Å²) in [7, 11) is 0. The first-order valence-corrected chi connectivity index (χ1v) is 20.1. The normalized spacial score (nSPS) is 10.5. The number of hydrogen-bond acceptors (Lipinski definition) is 3. The van der Waals surface area contributed by atoms with Gasteiger partial charge in [0.25, 0.3) is 6.47 Å². The Bertz CT molecular complexity index is 850. The van der Waals surface area contributed by atoms with Crippen LogP contribution in [0.2, 0.25) is 0 Å². The Kier molecular flexibility index (Phi) is 44.8. The molecule has 280 valence electrons. The molecule has 0 aromatic heterocycles. The Hall–Kier alpha value is -2.17. The van der Waals surface area contributed by atoms with Crippen molar-refractivity contribution in [2.75, 3.05) is 13.2 Å². The number of benzene rings is 2. The zero-order chi connectivity index (χ0) is 36.5. The van der Waals surface area contributed by atoms with Crippen LogP contribution in [0.5, 0.6) is 0 Å². The van der Waals surface area contributed by atoms with E-state index in [4.69, 9.17) is 15.0 Å². The standard InChI is InChI=1S/C20H34O.C19H33N.2C2H6.CH2O2/c1-3-4-5-6-7-8-9-12-19-13-15-20(16-14-19)18(2)11-10-17-21;1-3-5-7-8-9-10-11-18-12-14-19(15-13-18)17-20-16-6-4-2;2*1-2;2-1-3/h13-16,18,21H,3-12,17H2,1-2H3;12-15,20H,3-11,16-17H2,1-2H3;2*1-2H3;1H,(H,2,3). The molecule has 0 amide bonds. The van der Waals surface area contributed by atoms with Gasteiger partial charge in [-0.25, -0.2) is 0 Å². The first kappa shape index (κ1) is 50.2. The summed E-state index contributed by atoms with van der Waals surface area (Å²) in [6.45, 7) is 19.2. The summed E-state index contributed by atoms with van der Waals surface area (Å²) in [6.07, 6.45) is 25.0. The molecule has 0 bridgehead atoms. The Morgan fingerprint density at radius 3 is 1.38 bits per heavy atom. The summed E-state index contributed by atoms with van der Waals surface area (Å²) in [5.74, 6) is 0.560. The van der Waals surface area contributed by atoms with Crippen LogP contribution in [0.4, 0.5) is 0 Å². The second-order valence-corrected chi connectivity index (χ2v) is 12.3. The third-order valence-electron chi connectivity index (χ3n) is 8.29. The number of carboxylic acid groups (broad SMARTS) is 1. The number of unbranched alkanes of at least 4 members (excludes halogenated alkanes) is 12. The van der Waals surface area contributed by atoms with E-state index in [0.717, 1.165) is 25.9 Å². The molecule has 4 heteroatoms. The zero-order valence-corrected chi connectivity index (χ0v) is 33.1. The van der Waals surface area contributed by atoms with Gasteiger partial charge in [-0.2, -0.15) is 0 Å². The van der Waals surface area contributed by atoms with Crippen molar-refractivity contribution in [2.24, 2.45) is 0 Å². The van der Waals surface area contributed by atoms with Gasteiger partial charge < -0.3 is 15.5 Å². The van der Waals surface area contributed by atoms with Gasteiger partial charge in [0.1, 0.15) is 0 Å². The Morgan fingerprint density at radius 2 is 0.958 bits per heavy atom. The molecule has 0 aliphatic rings. The Balaban J connectivity index is -0.000000711. The molecule has 2 aromatic carbocycles. The number of nitrogens with one attached hydrogen (secondary N) is 1. The molecule has 2 aromatic rings. The van der Waals surface area contributed by atoms with Crippen molar-refractivity contribution in [3.05, 3.63) is 70.8 Å². The van der Waals surface area contributed by atoms with Crippen molar-refractivity contribution in [3.63, 3.8) is 0 Å². The number of aryl methyl sites for hydroxylation is 2. The smallest absolute Gasteiger partial charge is 0.290 e. The van der Waals surface area contributed by atoms with Crippen molar-refractivity contribution >= 4 is 6.47 Å². The van der Waals surface area contributed by atoms with Gasteiger partial charge in [0.15, 0.2) is 0 Å². The van der Waals surface area contributed by atoms with Crippen LogP contribution >= 0.6 is 0 Å². The van der Waals surface area contributed by atoms with Crippen molar-refractivity contribution in [1.29, 1.82) is 0 Å². The van der Waals surface area contributed by atoms with Gasteiger partial charge in [0, 0.05) is 13.2 Å². The van der Waals surface area contributed by atoms with Crippen LogP contribution in [0.25, 0.3) is 0 Å². The van der Waals surface area contributed by atoms with E-state index in [0.29, 0.717) is 12.5 Å². The van der Waals surface area contributed by atoms with Crippen LogP contribution in [0.3, 0.4) is 0 Å². The van der Waals surface area contributed by atoms with Crippen LogP contribution < -0.4 is 5.32 Å². The fraction of sp³-hybridized carbons (Fsp3) is 0.705. The van der Waals surface area contributed by atoms with Gasteiger partial charge in [-0.15, -0.1) is 0 Å². The molecule has 0 saturated heterocycles. The van der Waals surface area contributed by atoms with Crippen molar-refractivity contribution < 1.29 is 15.0 Å². The largest absolute Gasteiger partial charge is 0.483 e. The second-order valence-electron chi connectivity index (χ2n) is 12.3. The van der Waals surface area contributed by atoms with Crippen molar-refractivity contribution in [3.8, 4) is 0 Å². The third-order valence-corrected chi connectivity index (χ3v) is 8.29. The maximum Gasteiger partial charge on any atom is 0.290 e. The maximum atomic E-state index is 8.89. The predicted octanol–water partition coefficient (Wildman–Crippen LogP) is 13.1. The van der Waals surface area contributed by atoms with E-state index >= 15 is 0 Å². The minimum absolute atomic E-state index is 0.250. The number of carbonyl (C=O) groups is 1. The van der Waals surface area contributed by atoms with Crippen LogP contribution in [0.15, 0.2) is 48.5 Å². The average molecular weight is 672 g/mol. The minimum atomic E-state index is -0.250. The first-order valence-electron chi connectivity index (χ1n) is 20.1. The van der Waals surface area contributed by atoms with Crippen LogP contribution in [-0.4, -0.2) is 29.8 Å². The van der Waals surface area contributed by atoms with Gasteiger partial charge in [0.05, 0.1) is 0 Å². The van der Waals surface area contributed by atoms with E-state index in [1.54, 1.807) is 0 Å². The lowest BCUT2D eigenvalue weighted by Crippen LogP contribution is -2.14. The second kappa shape index (κ2) is 42.9. The molecular weight excluding hydrogens is 590 g/mol. The molecular formula is C44H81NO3. The highest BCUT2D eigenvalue weighted by molar-refractivity contribution is 5.32. The van der Waals surface area contributed by atoms with Crippen LogP contribution in [-0.2, 0) is 24.2 Å². The quantitative estimate of drug-likeness (QED) is 0.0767. The minimum Gasteiger partial charge on any atom is -0.483 e. The highest BCUT2D eigenvalue weighted by Gasteiger charge is 2.05. The number of aliphatic hydroxyl groups is 1. The van der Waals surface area contributed by atoms with Crippen molar-refractivity contribution in [1.82, 2.24) is 5.32 Å². The van der Waals surface area contributed by atoms with Gasteiger partial charge in [-0.05, 0) is 79.7 Å². The predicted molar refractivity (Wildman–Crippen MR) is 214 cm³/mol. The van der Waals surface area contributed by atoms with Gasteiger partial charge in [0.2, 0.25) is 0 Å². The summed E-state index contributed by atoms with van der Waals surface area (Å²) < 4.78 is 0. The van der Waals surface area contributed by atoms with E-state index in [2.05, 4.69) is 81.5 Å². The van der Waals surface area contributed by atoms with E-state index in [-0.39, 0.29) is 6.47 Å². The molecule has 0 aliphatic heterocycles. The number of aliphatic hydroxyl groups excluding tert-OH is 1. The summed E-state index contributed by atoms with van der Waals surface area (Å²) in [4.78, 5) is 8.36. The Morgan fingerprint density at radius 1 is 0.583 bits per heavy atom. The fourth-order valence-electron chi connectivity index (χ4n) is 5.33. The van der Waals surface area contributed by atoms with E-state index in [9.17, 15) is 0 Å². The summed E-state index contributed by atoms with van der Waals surface area (Å²) >= 11 is 0. The summed E-state index contributed by atoms with van der Waals surface area (Å²) in [6, 6.07) is 18.3. The van der Waals surface area contributed by atoms with Gasteiger partial charge >= 0.3 is 0 Å². The molecule has 0 aliphatic carbocycles. The molecule has 0 fully saturated rings. The summed E-state index contributed by atoms with van der Waals surface area (Å²) in [5.41, 5.74) is 5.79. The lowest BCUT2D eigenvalue weighted by atomic mass is 9.94. The topological polar surface area (TPSA) is 69.6 Å². The molecule has 0 radical (unpaired) electrons. The molecule has 1 unspecified atom stereocenters.